The molecule has 6 heteroatoms. The van der Waals surface area contributed by atoms with Gasteiger partial charge in [-0.25, -0.2) is 9.88 Å². The first kappa shape index (κ1) is 11.8. The van der Waals surface area contributed by atoms with E-state index in [0.29, 0.717) is 5.13 Å². The fraction of sp³-hybridized carbons (Fsp3) is 0.583. The lowest BCUT2D eigenvalue weighted by molar-refractivity contribution is -0.122. The van der Waals surface area contributed by atoms with E-state index in [4.69, 9.17) is 0 Å². The van der Waals surface area contributed by atoms with Crippen molar-refractivity contribution >= 4 is 28.3 Å². The Balaban J connectivity index is 1.97. The zero-order valence-electron chi connectivity index (χ0n) is 10.4. The van der Waals surface area contributed by atoms with Gasteiger partial charge in [-0.1, -0.05) is 25.2 Å². The molecule has 0 aromatic carbocycles. The molecule has 1 fully saturated rings. The smallest absolute Gasteiger partial charge is 0.239 e. The summed E-state index contributed by atoms with van der Waals surface area (Å²) in [7, 11) is 0. The van der Waals surface area contributed by atoms with Crippen molar-refractivity contribution in [2.75, 3.05) is 11.4 Å². The Bertz CT molecular complexity index is 482. The van der Waals surface area contributed by atoms with Crippen molar-refractivity contribution < 1.29 is 9.59 Å². The molecule has 0 bridgehead atoms. The highest BCUT2D eigenvalue weighted by Crippen LogP contribution is 2.35. The molecular formula is C12H15N3O2S. The van der Waals surface area contributed by atoms with Crippen LogP contribution in [0.3, 0.4) is 0 Å². The second-order valence-electron chi connectivity index (χ2n) is 4.88. The first-order valence-electron chi connectivity index (χ1n) is 6.16. The van der Waals surface area contributed by atoms with Crippen LogP contribution in [0.25, 0.3) is 0 Å². The second-order valence-corrected chi connectivity index (χ2v) is 5.94. The number of rotatable bonds is 1. The monoisotopic (exact) mass is 265 g/mol. The molecular weight excluding hydrogens is 250 g/mol. The van der Waals surface area contributed by atoms with Crippen LogP contribution in [-0.4, -0.2) is 23.3 Å². The van der Waals surface area contributed by atoms with Crippen molar-refractivity contribution in [3.05, 3.63) is 10.6 Å². The van der Waals surface area contributed by atoms with E-state index in [2.05, 4.69) is 10.3 Å². The Morgan fingerprint density at radius 2 is 1.94 bits per heavy atom. The lowest BCUT2D eigenvalue weighted by Gasteiger charge is -2.09. The van der Waals surface area contributed by atoms with Gasteiger partial charge in [-0.2, -0.15) is 0 Å². The lowest BCUT2D eigenvalue weighted by Crippen LogP contribution is -2.30. The maximum Gasteiger partial charge on any atom is 0.239 e. The molecule has 2 atom stereocenters. The van der Waals surface area contributed by atoms with E-state index in [1.165, 1.54) is 16.2 Å². The van der Waals surface area contributed by atoms with E-state index < -0.39 is 0 Å². The largest absolute Gasteiger partial charge is 0.311 e. The quantitative estimate of drug-likeness (QED) is 0.767. The Hall–Kier alpha value is -1.27. The van der Waals surface area contributed by atoms with Crippen LogP contribution in [0, 0.1) is 11.8 Å². The van der Waals surface area contributed by atoms with Crippen LogP contribution in [-0.2, 0) is 22.6 Å². The summed E-state index contributed by atoms with van der Waals surface area (Å²) in [5, 5.41) is 3.82. The Kier molecular flexibility index (Phi) is 2.71. The van der Waals surface area contributed by atoms with Crippen LogP contribution < -0.4 is 10.2 Å². The summed E-state index contributed by atoms with van der Waals surface area (Å²) < 4.78 is 0. The molecule has 1 saturated heterocycles. The summed E-state index contributed by atoms with van der Waals surface area (Å²) in [6, 6.07) is 0. The number of aromatic nitrogens is 1. The number of hydrogen-bond donors (Lipinski definition) is 1. The van der Waals surface area contributed by atoms with Gasteiger partial charge in [0.15, 0.2) is 5.13 Å². The average Bonchev–Trinajstić information content (AvgIpc) is 2.86. The topological polar surface area (TPSA) is 62.3 Å². The molecule has 2 amide bonds. The van der Waals surface area contributed by atoms with E-state index in [0.717, 1.165) is 30.1 Å². The lowest BCUT2D eigenvalue weighted by atomic mass is 10.00. The number of amides is 2. The number of carbonyl (C=O) groups is 2. The molecule has 2 aliphatic rings. The van der Waals surface area contributed by atoms with Gasteiger partial charge in [-0.3, -0.25) is 9.59 Å². The predicted molar refractivity (Wildman–Crippen MR) is 68.3 cm³/mol. The molecule has 0 radical (unpaired) electrons. The molecule has 5 nitrogen and oxygen atoms in total. The standard InChI is InChI=1S/C12H15N3O2S/c1-6-7(2)11(17)15(10(6)16)12-14-8-3-4-13-5-9(8)18-12/h6-7,13H,3-5H2,1-2H3. The van der Waals surface area contributed by atoms with Crippen molar-refractivity contribution in [3.63, 3.8) is 0 Å². The Labute approximate surface area is 109 Å². The minimum absolute atomic E-state index is 0.119. The van der Waals surface area contributed by atoms with Gasteiger partial charge in [0.1, 0.15) is 0 Å². The summed E-state index contributed by atoms with van der Waals surface area (Å²) in [5.74, 6) is -0.716. The molecule has 2 unspecified atom stereocenters. The van der Waals surface area contributed by atoms with Crippen molar-refractivity contribution in [2.24, 2.45) is 11.8 Å². The number of nitrogens with zero attached hydrogens (tertiary/aromatic N) is 2. The third kappa shape index (κ3) is 1.59. The number of imide groups is 1. The predicted octanol–water partition coefficient (Wildman–Crippen LogP) is 0.934. The van der Waals surface area contributed by atoms with Crippen molar-refractivity contribution in [1.29, 1.82) is 0 Å². The second kappa shape index (κ2) is 4.13. The summed E-state index contributed by atoms with van der Waals surface area (Å²) in [5.41, 5.74) is 1.03. The van der Waals surface area contributed by atoms with Crippen molar-refractivity contribution in [2.45, 2.75) is 26.8 Å². The fourth-order valence-electron chi connectivity index (χ4n) is 2.34. The number of nitrogens with one attached hydrogen (secondary N) is 1. The minimum Gasteiger partial charge on any atom is -0.311 e. The van der Waals surface area contributed by atoms with Crippen LogP contribution in [0.4, 0.5) is 5.13 Å². The molecule has 0 saturated carbocycles. The maximum atomic E-state index is 12.1. The highest BCUT2D eigenvalue weighted by atomic mass is 32.1. The van der Waals surface area contributed by atoms with Gasteiger partial charge in [0.05, 0.1) is 5.69 Å². The normalized spacial score (nSPS) is 27.8. The molecule has 96 valence electrons. The Morgan fingerprint density at radius 1 is 1.28 bits per heavy atom. The van der Waals surface area contributed by atoms with Gasteiger partial charge < -0.3 is 5.32 Å². The van der Waals surface area contributed by atoms with Crippen molar-refractivity contribution in [1.82, 2.24) is 10.3 Å². The summed E-state index contributed by atoms with van der Waals surface area (Å²) in [6.45, 7) is 5.30. The van der Waals surface area contributed by atoms with E-state index in [9.17, 15) is 9.59 Å². The SMILES string of the molecule is CC1C(=O)N(c2nc3c(s2)CNCC3)C(=O)C1C. The van der Waals surface area contributed by atoms with Gasteiger partial charge in [-0.05, 0) is 0 Å². The Morgan fingerprint density at radius 3 is 2.56 bits per heavy atom. The average molecular weight is 265 g/mol. The molecule has 1 aromatic rings. The van der Waals surface area contributed by atoms with E-state index in [-0.39, 0.29) is 23.7 Å². The molecule has 18 heavy (non-hydrogen) atoms. The zero-order chi connectivity index (χ0) is 12.9. The van der Waals surface area contributed by atoms with Gasteiger partial charge in [0.25, 0.3) is 0 Å². The van der Waals surface area contributed by atoms with Crippen LogP contribution >= 0.6 is 11.3 Å². The highest BCUT2D eigenvalue weighted by molar-refractivity contribution is 7.16. The van der Waals surface area contributed by atoms with E-state index in [1.807, 2.05) is 0 Å². The molecule has 1 aromatic heterocycles. The van der Waals surface area contributed by atoms with Crippen LogP contribution in [0.15, 0.2) is 0 Å². The number of anilines is 1. The molecule has 2 aliphatic heterocycles. The number of carbonyl (C=O) groups excluding carboxylic acids is 2. The van der Waals surface area contributed by atoms with Crippen LogP contribution in [0.5, 0.6) is 0 Å². The van der Waals surface area contributed by atoms with Gasteiger partial charge >= 0.3 is 0 Å². The molecule has 1 N–H and O–H groups in total. The number of fused-ring (bicyclic) bond motifs is 1. The van der Waals surface area contributed by atoms with Gasteiger partial charge in [0, 0.05) is 36.2 Å². The molecule has 0 aliphatic carbocycles. The van der Waals surface area contributed by atoms with E-state index >= 15 is 0 Å². The van der Waals surface area contributed by atoms with Crippen molar-refractivity contribution in [3.8, 4) is 0 Å². The molecule has 0 spiro atoms. The third-order valence-electron chi connectivity index (χ3n) is 3.75. The third-order valence-corrected chi connectivity index (χ3v) is 4.84. The summed E-state index contributed by atoms with van der Waals surface area (Å²) in [6.07, 6.45) is 0.868. The van der Waals surface area contributed by atoms with Gasteiger partial charge in [0.2, 0.25) is 11.8 Å². The van der Waals surface area contributed by atoms with Crippen LogP contribution in [0.1, 0.15) is 24.4 Å². The first-order chi connectivity index (χ1) is 8.59. The zero-order valence-corrected chi connectivity index (χ0v) is 11.2. The maximum absolute atomic E-state index is 12.1. The van der Waals surface area contributed by atoms with E-state index in [1.54, 1.807) is 13.8 Å². The highest BCUT2D eigenvalue weighted by Gasteiger charge is 2.44. The molecule has 3 heterocycles. The van der Waals surface area contributed by atoms with Gasteiger partial charge in [-0.15, -0.1) is 0 Å². The minimum atomic E-state index is -0.239. The fourth-order valence-corrected chi connectivity index (χ4v) is 3.43. The number of thiazole rings is 1. The summed E-state index contributed by atoms with van der Waals surface area (Å²) >= 11 is 1.45. The first-order valence-corrected chi connectivity index (χ1v) is 6.98. The van der Waals surface area contributed by atoms with Crippen LogP contribution in [0.2, 0.25) is 0 Å². The number of hydrogen-bond acceptors (Lipinski definition) is 5. The molecule has 3 rings (SSSR count). The summed E-state index contributed by atoms with van der Waals surface area (Å²) in [4.78, 5) is 31.1.